The summed E-state index contributed by atoms with van der Waals surface area (Å²) in [5.74, 6) is 2.31. The molecule has 0 aromatic heterocycles. The van der Waals surface area contributed by atoms with Crippen LogP contribution in [-0.4, -0.2) is 122 Å². The van der Waals surface area contributed by atoms with Gasteiger partial charge in [0.25, 0.3) is 11.8 Å². The largest absolute Gasteiger partial charge is 0.493 e. The van der Waals surface area contributed by atoms with Crippen molar-refractivity contribution in [2.24, 2.45) is 0 Å². The van der Waals surface area contributed by atoms with E-state index in [4.69, 9.17) is 21.1 Å². The number of fused-ring (bicyclic) bond motifs is 2. The van der Waals surface area contributed by atoms with Gasteiger partial charge in [-0.05, 0) is 188 Å². The van der Waals surface area contributed by atoms with E-state index in [0.717, 1.165) is 107 Å². The Morgan fingerprint density at radius 2 is 1.09 bits per heavy atom. The summed E-state index contributed by atoms with van der Waals surface area (Å²) in [5.41, 5.74) is 9.60. The topological polar surface area (TPSA) is 68.8 Å². The molecule has 0 saturated carbocycles. The Balaban J connectivity index is 0.000000195. The third kappa shape index (κ3) is 11.8. The van der Waals surface area contributed by atoms with E-state index in [9.17, 15) is 9.59 Å². The van der Waals surface area contributed by atoms with Crippen molar-refractivity contribution in [3.63, 3.8) is 0 Å². The summed E-state index contributed by atoms with van der Waals surface area (Å²) in [4.78, 5) is 37.6. The molecule has 65 heavy (non-hydrogen) atoms. The lowest BCUT2D eigenvalue weighted by atomic mass is 9.86. The zero-order chi connectivity index (χ0) is 46.0. The number of halogens is 1. The van der Waals surface area contributed by atoms with Gasteiger partial charge in [0.2, 0.25) is 0 Å². The average Bonchev–Trinajstić information content (AvgIpc) is 3.32. The highest BCUT2D eigenvalue weighted by atomic mass is 35.5. The second kappa shape index (κ2) is 22.9. The fourth-order valence-electron chi connectivity index (χ4n) is 10.7. The highest BCUT2D eigenvalue weighted by Gasteiger charge is 2.39. The van der Waals surface area contributed by atoms with Crippen molar-refractivity contribution >= 4 is 23.4 Å². The first-order valence-corrected chi connectivity index (χ1v) is 24.8. The van der Waals surface area contributed by atoms with Crippen LogP contribution in [0.1, 0.15) is 131 Å². The van der Waals surface area contributed by atoms with Gasteiger partial charge in [-0.25, -0.2) is 0 Å². The van der Waals surface area contributed by atoms with Crippen LogP contribution in [0, 0.1) is 27.7 Å². The summed E-state index contributed by atoms with van der Waals surface area (Å²) in [6, 6.07) is 27.6. The van der Waals surface area contributed by atoms with Gasteiger partial charge < -0.3 is 24.2 Å². The summed E-state index contributed by atoms with van der Waals surface area (Å²) in [6.45, 7) is 18.7. The predicted molar refractivity (Wildman–Crippen MR) is 265 cm³/mol. The Morgan fingerprint density at radius 3 is 1.58 bits per heavy atom. The van der Waals surface area contributed by atoms with E-state index in [1.165, 1.54) is 65.5 Å². The maximum atomic E-state index is 13.0. The van der Waals surface area contributed by atoms with E-state index in [1.807, 2.05) is 47.4 Å². The van der Waals surface area contributed by atoms with Gasteiger partial charge in [0.15, 0.2) is 0 Å². The van der Waals surface area contributed by atoms with Gasteiger partial charge in [-0.15, -0.1) is 0 Å². The van der Waals surface area contributed by atoms with Gasteiger partial charge in [-0.3, -0.25) is 19.4 Å². The molecule has 10 heteroatoms. The number of amides is 2. The van der Waals surface area contributed by atoms with Crippen molar-refractivity contribution in [1.29, 1.82) is 0 Å². The molecular weight excluding hydrogens is 830 g/mol. The van der Waals surface area contributed by atoms with Crippen LogP contribution in [0.5, 0.6) is 11.5 Å². The Morgan fingerprint density at radius 1 is 0.600 bits per heavy atom. The predicted octanol–water partition coefficient (Wildman–Crippen LogP) is 10.9. The number of nitrogens with zero attached hydrogens (tertiary/aromatic N) is 5. The van der Waals surface area contributed by atoms with Crippen LogP contribution in [0.2, 0.25) is 5.02 Å². The van der Waals surface area contributed by atoms with E-state index in [-0.39, 0.29) is 11.8 Å². The van der Waals surface area contributed by atoms with E-state index in [0.29, 0.717) is 29.2 Å². The first-order chi connectivity index (χ1) is 31.4. The summed E-state index contributed by atoms with van der Waals surface area (Å²) >= 11 is 5.99. The minimum Gasteiger partial charge on any atom is -0.493 e. The third-order valence-electron chi connectivity index (χ3n) is 14.6. The number of piperidine rings is 2. The zero-order valence-electron chi connectivity index (χ0n) is 40.3. The second-order valence-electron chi connectivity index (χ2n) is 19.1. The van der Waals surface area contributed by atoms with Crippen LogP contribution in [0.4, 0.5) is 0 Å². The summed E-state index contributed by atoms with van der Waals surface area (Å²) in [7, 11) is 4.23. The number of hydrogen-bond acceptors (Lipinski definition) is 7. The number of unbranched alkanes of at least 4 members (excludes halogenated alkanes) is 1. The first-order valence-electron chi connectivity index (χ1n) is 24.5. The molecule has 4 aromatic carbocycles. The van der Waals surface area contributed by atoms with Crippen LogP contribution in [0.25, 0.3) is 0 Å². The van der Waals surface area contributed by atoms with Crippen molar-refractivity contribution < 1.29 is 19.1 Å². The monoisotopic (exact) mass is 904 g/mol. The Labute approximate surface area is 395 Å². The number of ether oxygens (including phenoxy) is 2. The van der Waals surface area contributed by atoms with E-state index < -0.39 is 0 Å². The quantitative estimate of drug-likeness (QED) is 0.124. The molecule has 0 radical (unpaired) electrons. The molecule has 4 aromatic rings. The minimum atomic E-state index is 0.114. The molecule has 350 valence electrons. The molecule has 2 unspecified atom stereocenters. The molecule has 2 amide bonds. The molecule has 0 aliphatic carbocycles. The summed E-state index contributed by atoms with van der Waals surface area (Å²) in [5, 5.41) is 0.660. The molecule has 4 aliphatic heterocycles. The van der Waals surface area contributed by atoms with Crippen molar-refractivity contribution in [2.75, 3.05) is 73.1 Å². The van der Waals surface area contributed by atoms with Gasteiger partial charge in [0.1, 0.15) is 11.5 Å². The number of carbonyl (C=O) groups is 2. The Kier molecular flexibility index (Phi) is 17.1. The summed E-state index contributed by atoms with van der Waals surface area (Å²) in [6.07, 6.45) is 10.3. The highest BCUT2D eigenvalue weighted by Crippen LogP contribution is 2.41. The number of piperazine rings is 2. The molecule has 9 nitrogen and oxygen atoms in total. The molecule has 4 heterocycles. The average molecular weight is 905 g/mol. The van der Waals surface area contributed by atoms with Gasteiger partial charge in [-0.1, -0.05) is 48.9 Å². The SMILES string of the molecule is CCCOc1ccc(C2CCC[C@H]3CN(C(=O)c4ccc(Cl)cc4)CCN23)c(C)c1C.Cc1c(OCCCCN(C)C)ccc(C2CCC[C@H]3CN(C(=O)c4ccccc4)CCN23)c1C. The van der Waals surface area contributed by atoms with Crippen molar-refractivity contribution in [2.45, 2.75) is 117 Å². The van der Waals surface area contributed by atoms with E-state index >= 15 is 0 Å². The van der Waals surface area contributed by atoms with Crippen molar-refractivity contribution in [3.8, 4) is 11.5 Å². The lowest BCUT2D eigenvalue weighted by Crippen LogP contribution is -2.57. The van der Waals surface area contributed by atoms with Crippen LogP contribution in [-0.2, 0) is 0 Å². The van der Waals surface area contributed by atoms with Crippen LogP contribution in [0.15, 0.2) is 78.9 Å². The fraction of sp³-hybridized carbons (Fsp3) is 0.527. The molecule has 4 fully saturated rings. The van der Waals surface area contributed by atoms with E-state index in [1.54, 1.807) is 12.1 Å². The fourth-order valence-corrected chi connectivity index (χ4v) is 10.8. The molecule has 4 aliphatic rings. The minimum absolute atomic E-state index is 0.114. The number of benzene rings is 4. The number of rotatable bonds is 13. The molecular formula is C55H74ClN5O4. The standard InChI is InChI=1S/C29H41N3O2.C26H33ClN2O2/c1-22-23(2)28(34-20-9-8-17-30(3)4)16-15-26(22)27-14-10-13-25-21-31(18-19-32(25)27)29(33)24-11-6-5-7-12-24;1-4-16-31-25-13-12-23(18(2)19(25)3)24-7-5-6-22-17-28(14-15-29(22)24)26(30)20-8-10-21(27)11-9-20/h5-7,11-12,15-16,25,27H,8-10,13-14,17-21H2,1-4H3;8-13,22,24H,4-7,14-17H2,1-3H3/t25-,27?;22-,24?/m00/s1. The molecule has 0 bridgehead atoms. The lowest BCUT2D eigenvalue weighted by molar-refractivity contribution is 0.0100. The normalized spacial score (nSPS) is 21.2. The maximum Gasteiger partial charge on any atom is 0.253 e. The molecule has 4 atom stereocenters. The Hall–Kier alpha value is -4.41. The molecule has 4 saturated heterocycles. The smallest absolute Gasteiger partial charge is 0.253 e. The van der Waals surface area contributed by atoms with Gasteiger partial charge in [0, 0.05) is 79.6 Å². The van der Waals surface area contributed by atoms with Gasteiger partial charge in [-0.2, -0.15) is 0 Å². The Bertz CT molecular complexity index is 2200. The van der Waals surface area contributed by atoms with Crippen LogP contribution in [0.3, 0.4) is 0 Å². The molecule has 0 N–H and O–H groups in total. The van der Waals surface area contributed by atoms with Crippen LogP contribution >= 0.6 is 11.6 Å². The van der Waals surface area contributed by atoms with Crippen molar-refractivity contribution in [1.82, 2.24) is 24.5 Å². The summed E-state index contributed by atoms with van der Waals surface area (Å²) < 4.78 is 12.1. The van der Waals surface area contributed by atoms with Crippen molar-refractivity contribution in [3.05, 3.63) is 128 Å². The second-order valence-corrected chi connectivity index (χ2v) is 19.5. The zero-order valence-corrected chi connectivity index (χ0v) is 41.0. The first kappa shape index (κ1) is 48.5. The van der Waals surface area contributed by atoms with E-state index in [2.05, 4.69) is 92.6 Å². The maximum absolute atomic E-state index is 13.0. The van der Waals surface area contributed by atoms with Crippen LogP contribution < -0.4 is 9.47 Å². The third-order valence-corrected chi connectivity index (χ3v) is 14.8. The molecule has 8 rings (SSSR count). The number of hydrogen-bond donors (Lipinski definition) is 0. The lowest BCUT2D eigenvalue weighted by Gasteiger charge is -2.48. The molecule has 0 spiro atoms. The van der Waals surface area contributed by atoms with Gasteiger partial charge in [0.05, 0.1) is 13.2 Å². The highest BCUT2D eigenvalue weighted by molar-refractivity contribution is 6.30. The number of carbonyl (C=O) groups excluding carboxylic acids is 2. The van der Waals surface area contributed by atoms with Gasteiger partial charge >= 0.3 is 0 Å².